The zero-order chi connectivity index (χ0) is 32.3. The molecule has 0 atom stereocenters. The molecule has 49 heavy (non-hydrogen) atoms. The van der Waals surface area contributed by atoms with Gasteiger partial charge in [0, 0.05) is 43.9 Å². The molecular formula is C46H28N2S. The van der Waals surface area contributed by atoms with Crippen LogP contribution in [0.1, 0.15) is 0 Å². The average Bonchev–Trinajstić information content (AvgIpc) is 3.56. The van der Waals surface area contributed by atoms with Crippen LogP contribution in [-0.4, -0.2) is 9.97 Å². The fourth-order valence-electron chi connectivity index (χ4n) is 7.57. The third-order valence-corrected chi connectivity index (χ3v) is 11.0. The monoisotopic (exact) mass is 640 g/mol. The van der Waals surface area contributed by atoms with Gasteiger partial charge in [0.1, 0.15) is 0 Å². The lowest BCUT2D eigenvalue weighted by Gasteiger charge is -2.23. The molecular weight excluding hydrogens is 613 g/mol. The summed E-state index contributed by atoms with van der Waals surface area (Å²) < 4.78 is 2.49. The zero-order valence-corrected chi connectivity index (χ0v) is 27.3. The van der Waals surface area contributed by atoms with E-state index in [1.165, 1.54) is 48.0 Å². The van der Waals surface area contributed by atoms with Crippen molar-refractivity contribution in [3.63, 3.8) is 0 Å². The van der Waals surface area contributed by atoms with Crippen molar-refractivity contribution in [1.29, 1.82) is 0 Å². The molecule has 0 saturated carbocycles. The van der Waals surface area contributed by atoms with E-state index in [2.05, 4.69) is 164 Å². The number of hydrogen-bond acceptors (Lipinski definition) is 3. The molecule has 0 N–H and O–H groups in total. The minimum Gasteiger partial charge on any atom is -0.255 e. The number of aromatic nitrogens is 2. The first-order valence-electron chi connectivity index (χ1n) is 16.6. The fraction of sp³-hybridized carbons (Fsp3) is 0. The van der Waals surface area contributed by atoms with E-state index in [1.54, 1.807) is 0 Å². The van der Waals surface area contributed by atoms with E-state index in [4.69, 9.17) is 9.97 Å². The van der Waals surface area contributed by atoms with Gasteiger partial charge in [-0.2, -0.15) is 0 Å². The Balaban J connectivity index is 1.19. The van der Waals surface area contributed by atoms with Crippen LogP contribution in [0.5, 0.6) is 0 Å². The summed E-state index contributed by atoms with van der Waals surface area (Å²) in [6.45, 7) is 0. The number of nitrogens with zero attached hydrogens (tertiary/aromatic N) is 2. The van der Waals surface area contributed by atoms with Crippen LogP contribution in [0.4, 0.5) is 0 Å². The van der Waals surface area contributed by atoms with Gasteiger partial charge in [-0.25, -0.2) is 4.98 Å². The molecule has 0 fully saturated rings. The third-order valence-electron chi connectivity index (χ3n) is 9.77. The fourth-order valence-corrected chi connectivity index (χ4v) is 8.77. The molecule has 3 aromatic heterocycles. The normalized spacial score (nSPS) is 11.7. The van der Waals surface area contributed by atoms with E-state index in [1.807, 2.05) is 17.5 Å². The van der Waals surface area contributed by atoms with Crippen molar-refractivity contribution >= 4 is 31.5 Å². The van der Waals surface area contributed by atoms with Crippen LogP contribution in [0.2, 0.25) is 0 Å². The van der Waals surface area contributed by atoms with Crippen molar-refractivity contribution in [3.8, 4) is 78.3 Å². The van der Waals surface area contributed by atoms with Crippen LogP contribution in [0.25, 0.3) is 98.5 Å². The van der Waals surface area contributed by atoms with Crippen molar-refractivity contribution in [2.75, 3.05) is 0 Å². The molecule has 0 aliphatic heterocycles. The number of benzene rings is 6. The van der Waals surface area contributed by atoms with Crippen LogP contribution in [0, 0.1) is 0 Å². The molecule has 3 heterocycles. The van der Waals surface area contributed by atoms with Crippen LogP contribution < -0.4 is 0 Å². The second-order valence-corrected chi connectivity index (χ2v) is 13.5. The van der Waals surface area contributed by atoms with Crippen LogP contribution >= 0.6 is 11.3 Å². The molecule has 228 valence electrons. The molecule has 0 saturated heterocycles. The van der Waals surface area contributed by atoms with Gasteiger partial charge in [-0.3, -0.25) is 4.98 Å². The molecule has 1 aliphatic carbocycles. The highest BCUT2D eigenvalue weighted by Gasteiger charge is 2.24. The van der Waals surface area contributed by atoms with Crippen molar-refractivity contribution in [2.45, 2.75) is 0 Å². The highest BCUT2D eigenvalue weighted by Crippen LogP contribution is 2.48. The van der Waals surface area contributed by atoms with E-state index >= 15 is 0 Å². The molecule has 0 spiro atoms. The summed E-state index contributed by atoms with van der Waals surface area (Å²) in [7, 11) is 0. The van der Waals surface area contributed by atoms with Crippen LogP contribution in [-0.2, 0) is 0 Å². The smallest absolute Gasteiger partial charge is 0.0886 e. The van der Waals surface area contributed by atoms with Gasteiger partial charge in [0.15, 0.2) is 0 Å². The second kappa shape index (κ2) is 11.2. The summed E-state index contributed by atoms with van der Waals surface area (Å²) in [5, 5.41) is 2.52. The molecule has 0 amide bonds. The SMILES string of the molecule is c1ccc(-c2ccccc2-c2nccc3c2sc2ccccc23)c(-c2ccc3c(n2)-c2ccccc2-c2ccccc2-c2ccccc2-3)c1. The molecule has 1 aliphatic rings. The van der Waals surface area contributed by atoms with Gasteiger partial charge in [-0.05, 0) is 63.2 Å². The predicted octanol–water partition coefficient (Wildman–Crippen LogP) is 12.8. The van der Waals surface area contributed by atoms with Crippen molar-refractivity contribution in [1.82, 2.24) is 9.97 Å². The maximum absolute atomic E-state index is 5.55. The van der Waals surface area contributed by atoms with Gasteiger partial charge < -0.3 is 0 Å². The predicted molar refractivity (Wildman–Crippen MR) is 207 cm³/mol. The van der Waals surface area contributed by atoms with E-state index in [0.717, 1.165) is 50.5 Å². The van der Waals surface area contributed by atoms with Crippen LogP contribution in [0.15, 0.2) is 170 Å². The Bertz CT molecular complexity index is 2730. The maximum Gasteiger partial charge on any atom is 0.0886 e. The number of thiophene rings is 1. The number of hydrogen-bond donors (Lipinski definition) is 0. The Morgan fingerprint density at radius 3 is 1.39 bits per heavy atom. The quantitative estimate of drug-likeness (QED) is 0.192. The lowest BCUT2D eigenvalue weighted by atomic mass is 9.82. The molecule has 0 bridgehead atoms. The van der Waals surface area contributed by atoms with Gasteiger partial charge in [0.2, 0.25) is 0 Å². The first-order valence-corrected chi connectivity index (χ1v) is 17.4. The molecule has 3 heteroatoms. The lowest BCUT2D eigenvalue weighted by molar-refractivity contribution is 1.32. The summed E-state index contributed by atoms with van der Waals surface area (Å²) in [6.07, 6.45) is 1.95. The van der Waals surface area contributed by atoms with E-state index in [9.17, 15) is 0 Å². The van der Waals surface area contributed by atoms with E-state index in [-0.39, 0.29) is 0 Å². The first-order chi connectivity index (χ1) is 24.3. The topological polar surface area (TPSA) is 25.8 Å². The Hall–Kier alpha value is -6.16. The molecule has 0 unspecified atom stereocenters. The summed E-state index contributed by atoms with van der Waals surface area (Å²) in [5.74, 6) is 0. The first kappa shape index (κ1) is 27.9. The van der Waals surface area contributed by atoms with Gasteiger partial charge in [0.05, 0.1) is 21.8 Å². The van der Waals surface area contributed by atoms with Gasteiger partial charge in [-0.1, -0.05) is 140 Å². The molecule has 2 nitrogen and oxygen atoms in total. The molecule has 9 aromatic rings. The standard InChI is InChI=1S/C46H28N2S/c1-2-14-30-29(13-1)31-15-3-4-18-34(31)40-25-26-42(48-44(40)38-22-9-6-17-33(30)38)36-20-8-5-16-32(36)35-19-7-10-23-39(35)45-46-41(27-28-47-45)37-21-11-12-24-43(37)49-46/h1-28H. The Kier molecular flexibility index (Phi) is 6.39. The van der Waals surface area contributed by atoms with Crippen molar-refractivity contribution in [3.05, 3.63) is 170 Å². The molecule has 10 rings (SSSR count). The van der Waals surface area contributed by atoms with Crippen molar-refractivity contribution in [2.24, 2.45) is 0 Å². The van der Waals surface area contributed by atoms with Gasteiger partial charge in [-0.15, -0.1) is 11.3 Å². The van der Waals surface area contributed by atoms with Gasteiger partial charge >= 0.3 is 0 Å². The van der Waals surface area contributed by atoms with E-state index < -0.39 is 0 Å². The van der Waals surface area contributed by atoms with Crippen LogP contribution in [0.3, 0.4) is 0 Å². The molecule has 0 radical (unpaired) electrons. The largest absolute Gasteiger partial charge is 0.255 e. The third kappa shape index (κ3) is 4.40. The highest BCUT2D eigenvalue weighted by atomic mass is 32.1. The number of pyridine rings is 2. The molecule has 6 aromatic carbocycles. The van der Waals surface area contributed by atoms with Gasteiger partial charge in [0.25, 0.3) is 0 Å². The van der Waals surface area contributed by atoms with E-state index in [0.29, 0.717) is 0 Å². The second-order valence-electron chi connectivity index (χ2n) is 12.5. The summed E-state index contributed by atoms with van der Waals surface area (Å²) in [4.78, 5) is 10.5. The number of rotatable bonds is 3. The lowest BCUT2D eigenvalue weighted by Crippen LogP contribution is -2.00. The van der Waals surface area contributed by atoms with Crippen molar-refractivity contribution < 1.29 is 0 Å². The zero-order valence-electron chi connectivity index (χ0n) is 26.5. The average molecular weight is 641 g/mol. The maximum atomic E-state index is 5.55. The highest BCUT2D eigenvalue weighted by molar-refractivity contribution is 7.26. The Labute approximate surface area is 288 Å². The summed E-state index contributed by atoms with van der Waals surface area (Å²) in [6, 6.07) is 58.7. The minimum absolute atomic E-state index is 0.943. The summed E-state index contributed by atoms with van der Waals surface area (Å²) in [5.41, 5.74) is 15.8. The Morgan fingerprint density at radius 2 is 0.776 bits per heavy atom. The minimum atomic E-state index is 0.943. The number of fused-ring (bicyclic) bond motifs is 11. The summed E-state index contributed by atoms with van der Waals surface area (Å²) >= 11 is 1.81. The Morgan fingerprint density at radius 1 is 0.327 bits per heavy atom.